The Morgan fingerprint density at radius 2 is 0.862 bits per heavy atom. The van der Waals surface area contributed by atoms with Crippen LogP contribution in [0.2, 0.25) is 0 Å². The SMILES string of the molecule is COc1ccc2c(c1)Cc1[c-]c(OC)c(OC)cc1-2.COc1ccc2c(c1)Cc1[c-]c(OC)c(OC)cc1-2.C[C](C)=[Zr+2].C[C](C)=[Zr+2].[C-]1=CC=CC1.[C-]1=CC=CC1.[Cl-].[Cl-]. The molecule has 4 aliphatic carbocycles. The Morgan fingerprint density at radius 3 is 1.10 bits per heavy atom. The van der Waals surface area contributed by atoms with Crippen molar-refractivity contribution in [2.45, 2.75) is 53.4 Å². The predicted molar refractivity (Wildman–Crippen MR) is 222 cm³/mol. The summed E-state index contributed by atoms with van der Waals surface area (Å²) < 4.78 is 34.8. The summed E-state index contributed by atoms with van der Waals surface area (Å²) in [5.74, 6) is 4.49. The van der Waals surface area contributed by atoms with Crippen molar-refractivity contribution in [3.8, 4) is 56.8 Å². The Labute approximate surface area is 389 Å². The third-order valence-corrected chi connectivity index (χ3v) is 8.14. The van der Waals surface area contributed by atoms with Gasteiger partial charge in [0.1, 0.15) is 11.5 Å². The largest absolute Gasteiger partial charge is 1.00 e. The monoisotopic (exact) mass is 974 g/mol. The molecule has 0 N–H and O–H groups in total. The molecule has 0 spiro atoms. The van der Waals surface area contributed by atoms with Gasteiger partial charge in [0.2, 0.25) is 0 Å². The van der Waals surface area contributed by atoms with Gasteiger partial charge in [-0.25, -0.2) is 24.3 Å². The maximum Gasteiger partial charge on any atom is -0.109 e. The van der Waals surface area contributed by atoms with Gasteiger partial charge in [0.05, 0.1) is 42.7 Å². The van der Waals surface area contributed by atoms with Crippen LogP contribution in [0.4, 0.5) is 0 Å². The van der Waals surface area contributed by atoms with Crippen LogP contribution < -0.4 is 53.2 Å². The van der Waals surface area contributed by atoms with Gasteiger partial charge in [-0.3, -0.25) is 12.2 Å². The summed E-state index contributed by atoms with van der Waals surface area (Å²) in [5, 5.41) is 0. The summed E-state index contributed by atoms with van der Waals surface area (Å²) in [5.41, 5.74) is 9.54. The van der Waals surface area contributed by atoms with Gasteiger partial charge in [-0.05, 0) is 48.2 Å². The van der Waals surface area contributed by atoms with Gasteiger partial charge in [0.25, 0.3) is 0 Å². The number of rotatable bonds is 6. The molecule has 304 valence electrons. The summed E-state index contributed by atoms with van der Waals surface area (Å²) in [4.78, 5) is 0. The maximum atomic E-state index is 5.34. The van der Waals surface area contributed by atoms with E-state index in [4.69, 9.17) is 28.4 Å². The van der Waals surface area contributed by atoms with E-state index in [1.165, 1.54) is 28.7 Å². The number of methoxy groups -OCH3 is 6. The first-order chi connectivity index (χ1) is 27.0. The first-order valence-electron chi connectivity index (χ1n) is 18.2. The average molecular weight is 978 g/mol. The molecule has 0 atom stereocenters. The number of hydrogen-bond donors (Lipinski definition) is 0. The van der Waals surface area contributed by atoms with Gasteiger partial charge in [0, 0.05) is 23.0 Å². The molecular weight excluding hydrogens is 926 g/mol. The average Bonchev–Trinajstić information content (AvgIpc) is 4.04. The van der Waals surface area contributed by atoms with Crippen molar-refractivity contribution in [3.05, 3.63) is 132 Å². The second-order valence-electron chi connectivity index (χ2n) is 12.9. The molecular formula is C48H52Cl2O6Zr2-2. The zero-order valence-corrected chi connectivity index (χ0v) is 41.5. The van der Waals surface area contributed by atoms with E-state index in [0.29, 0.717) is 23.0 Å². The first-order valence-corrected chi connectivity index (χ1v) is 20.6. The van der Waals surface area contributed by atoms with Gasteiger partial charge in [-0.15, -0.1) is 59.4 Å². The van der Waals surface area contributed by atoms with E-state index in [1.54, 1.807) is 91.1 Å². The summed E-state index contributed by atoms with van der Waals surface area (Å²) in [7, 11) is 9.91. The van der Waals surface area contributed by atoms with Gasteiger partial charge in [0.15, 0.2) is 0 Å². The molecule has 4 aromatic carbocycles. The molecule has 0 aromatic heterocycles. The van der Waals surface area contributed by atoms with Gasteiger partial charge >= 0.3 is 82.6 Å². The summed E-state index contributed by atoms with van der Waals surface area (Å²) in [6, 6.07) is 22.9. The molecule has 4 aromatic rings. The zero-order chi connectivity index (χ0) is 41.0. The molecule has 0 unspecified atom stereocenters. The Morgan fingerprint density at radius 1 is 0.500 bits per heavy atom. The van der Waals surface area contributed by atoms with Crippen molar-refractivity contribution in [1.82, 2.24) is 0 Å². The van der Waals surface area contributed by atoms with Crippen LogP contribution in [0.25, 0.3) is 22.3 Å². The van der Waals surface area contributed by atoms with Crippen molar-refractivity contribution in [1.29, 1.82) is 0 Å². The van der Waals surface area contributed by atoms with Crippen LogP contribution in [0.15, 0.2) is 85.0 Å². The van der Waals surface area contributed by atoms with Crippen molar-refractivity contribution < 1.29 is 102 Å². The van der Waals surface area contributed by atoms with E-state index in [-0.39, 0.29) is 24.8 Å². The molecule has 0 saturated carbocycles. The van der Waals surface area contributed by atoms with Crippen LogP contribution >= 0.6 is 0 Å². The molecule has 0 bridgehead atoms. The van der Waals surface area contributed by atoms with Crippen molar-refractivity contribution in [2.75, 3.05) is 42.7 Å². The fraction of sp³-hybridized carbons (Fsp3) is 0.292. The van der Waals surface area contributed by atoms with Crippen molar-refractivity contribution in [2.24, 2.45) is 0 Å². The predicted octanol–water partition coefficient (Wildman–Crippen LogP) is 4.28. The number of hydrogen-bond acceptors (Lipinski definition) is 6. The van der Waals surface area contributed by atoms with Crippen LogP contribution in [-0.4, -0.2) is 49.1 Å². The first kappa shape index (κ1) is 52.7. The van der Waals surface area contributed by atoms with Gasteiger partial charge in [-0.1, -0.05) is 23.3 Å². The minimum absolute atomic E-state index is 0. The number of benzene rings is 4. The van der Waals surface area contributed by atoms with Crippen molar-refractivity contribution in [3.63, 3.8) is 0 Å². The standard InChI is InChI=1S/2C16H15O3.2C5H5.2C3H6.2ClH.2Zr/c2*1-17-12-4-5-13-10(7-12)6-11-8-15(18-2)16(19-3)9-14(11)13;2*1-2-4-5-3-1;2*1-3-2;;;;/h2*4-5,7,9H,6H2,1-3H3;2*1-3H,4H2;2*1-2H3;2*1H;;/q4*-1;;;;;2*+2/p-2. The molecule has 0 aliphatic heterocycles. The molecule has 0 amide bonds. The summed E-state index contributed by atoms with van der Waals surface area (Å²) in [6.07, 6.45) is 21.7. The zero-order valence-electron chi connectivity index (χ0n) is 35.1. The van der Waals surface area contributed by atoms with Gasteiger partial charge in [-0.2, -0.15) is 12.2 Å². The molecule has 8 rings (SSSR count). The smallest absolute Gasteiger partial charge is 0.109 e. The van der Waals surface area contributed by atoms with E-state index < -0.39 is 0 Å². The molecule has 6 nitrogen and oxygen atoms in total. The minimum atomic E-state index is 0. The molecule has 10 heteroatoms. The minimum Gasteiger partial charge on any atom is -1.00 e. The second-order valence-corrected chi connectivity index (χ2v) is 17.8. The normalized spacial score (nSPS) is 11.7. The van der Waals surface area contributed by atoms with Gasteiger partial charge < -0.3 is 53.2 Å². The number of ether oxygens (including phenoxy) is 6. The molecule has 0 heterocycles. The van der Waals surface area contributed by atoms with E-state index in [1.807, 2.05) is 48.6 Å². The molecule has 0 radical (unpaired) electrons. The van der Waals surface area contributed by atoms with Crippen LogP contribution in [0, 0.1) is 24.3 Å². The van der Waals surface area contributed by atoms with Crippen LogP contribution in [0.5, 0.6) is 34.5 Å². The molecule has 0 fully saturated rings. The van der Waals surface area contributed by atoms with Crippen LogP contribution in [0.3, 0.4) is 0 Å². The van der Waals surface area contributed by atoms with E-state index in [2.05, 4.69) is 88.4 Å². The topological polar surface area (TPSA) is 55.4 Å². The Balaban J connectivity index is 0.000000399. The molecule has 4 aliphatic rings. The summed E-state index contributed by atoms with van der Waals surface area (Å²) in [6.45, 7) is 8.49. The fourth-order valence-corrected chi connectivity index (χ4v) is 5.74. The Kier molecular flexibility index (Phi) is 25.7. The molecule has 58 heavy (non-hydrogen) atoms. The number of fused-ring (bicyclic) bond motifs is 6. The molecule has 0 saturated heterocycles. The van der Waals surface area contributed by atoms with Crippen LogP contribution in [0.1, 0.15) is 62.8 Å². The maximum absolute atomic E-state index is 5.34. The quantitative estimate of drug-likeness (QED) is 0.233. The third kappa shape index (κ3) is 16.4. The Hall–Kier alpha value is -3.27. The number of halogens is 2. The third-order valence-electron chi connectivity index (χ3n) is 8.14. The Bertz CT molecular complexity index is 1890. The van der Waals surface area contributed by atoms with E-state index in [0.717, 1.165) is 59.4 Å². The van der Waals surface area contributed by atoms with Crippen LogP contribution in [-0.2, 0) is 61.3 Å². The summed E-state index contributed by atoms with van der Waals surface area (Å²) >= 11 is 3.11. The van der Waals surface area contributed by atoms with Crippen molar-refractivity contribution >= 4 is 6.41 Å². The van der Waals surface area contributed by atoms with E-state index >= 15 is 0 Å². The fourth-order valence-electron chi connectivity index (χ4n) is 5.74. The van der Waals surface area contributed by atoms with E-state index in [9.17, 15) is 0 Å². The second kappa shape index (κ2) is 28.2. The number of allylic oxidation sites excluding steroid dienone is 8.